The number of hydrogen-bond donors (Lipinski definition) is 0. The third kappa shape index (κ3) is 4.78. The monoisotopic (exact) mass is 502 g/mol. The van der Waals surface area contributed by atoms with Crippen LogP contribution >= 0.6 is 0 Å². The van der Waals surface area contributed by atoms with E-state index in [1.54, 1.807) is 38.5 Å². The van der Waals surface area contributed by atoms with Crippen LogP contribution in [0.1, 0.15) is 37.2 Å². The van der Waals surface area contributed by atoms with Crippen molar-refractivity contribution >= 4 is 11.9 Å². The topological polar surface area (TPSA) is 108 Å². The first-order valence-corrected chi connectivity index (χ1v) is 11.4. The van der Waals surface area contributed by atoms with Gasteiger partial charge in [-0.25, -0.2) is 0 Å². The number of hydrogen-bond acceptors (Lipinski definition) is 10. The van der Waals surface area contributed by atoms with Gasteiger partial charge in [0.05, 0.1) is 52.5 Å². The molecule has 4 rings (SSSR count). The van der Waals surface area contributed by atoms with Crippen molar-refractivity contribution in [3.63, 3.8) is 0 Å². The second-order valence-electron chi connectivity index (χ2n) is 8.45. The highest BCUT2D eigenvalue weighted by atomic mass is 16.7. The number of carbonyl (C=O) groups is 2. The van der Waals surface area contributed by atoms with Crippen molar-refractivity contribution in [2.75, 3.05) is 28.4 Å². The fourth-order valence-corrected chi connectivity index (χ4v) is 4.90. The highest BCUT2D eigenvalue weighted by Crippen LogP contribution is 2.57. The second-order valence-corrected chi connectivity index (χ2v) is 8.45. The van der Waals surface area contributed by atoms with Gasteiger partial charge in [-0.3, -0.25) is 9.59 Å². The van der Waals surface area contributed by atoms with Gasteiger partial charge in [0.1, 0.15) is 0 Å². The van der Waals surface area contributed by atoms with Crippen molar-refractivity contribution in [3.8, 4) is 23.0 Å². The maximum Gasteiger partial charge on any atom is 0.304 e. The van der Waals surface area contributed by atoms with Crippen LogP contribution in [-0.2, 0) is 28.5 Å². The lowest BCUT2D eigenvalue weighted by Crippen LogP contribution is -2.28. The lowest BCUT2D eigenvalue weighted by atomic mass is 9.83. The molecule has 0 unspecified atom stereocenters. The molecule has 0 aliphatic carbocycles. The molecule has 2 heterocycles. The quantitative estimate of drug-likeness (QED) is 0.497. The molecule has 6 atom stereocenters. The first-order chi connectivity index (χ1) is 17.3. The molecule has 36 heavy (non-hydrogen) atoms. The van der Waals surface area contributed by atoms with Gasteiger partial charge in [0.25, 0.3) is 0 Å². The summed E-state index contributed by atoms with van der Waals surface area (Å²) < 4.78 is 45.4. The van der Waals surface area contributed by atoms with E-state index < -0.39 is 48.6 Å². The molecule has 0 saturated carbocycles. The smallest absolute Gasteiger partial charge is 0.304 e. The van der Waals surface area contributed by atoms with E-state index in [0.29, 0.717) is 23.0 Å². The molecule has 0 bridgehead atoms. The van der Waals surface area contributed by atoms with Crippen LogP contribution in [-0.4, -0.2) is 53.0 Å². The minimum absolute atomic E-state index is 0.491. The number of fused-ring (bicyclic) bond motifs is 1. The van der Waals surface area contributed by atoms with Crippen molar-refractivity contribution in [1.29, 1.82) is 0 Å². The Morgan fingerprint density at radius 3 is 1.28 bits per heavy atom. The van der Waals surface area contributed by atoms with Crippen LogP contribution in [0.15, 0.2) is 36.4 Å². The van der Waals surface area contributed by atoms with E-state index >= 15 is 0 Å². The van der Waals surface area contributed by atoms with Gasteiger partial charge >= 0.3 is 11.9 Å². The zero-order valence-corrected chi connectivity index (χ0v) is 21.0. The molecule has 0 spiro atoms. The van der Waals surface area contributed by atoms with E-state index in [0.717, 1.165) is 11.1 Å². The second kappa shape index (κ2) is 10.6. The van der Waals surface area contributed by atoms with Gasteiger partial charge in [-0.1, -0.05) is 12.1 Å². The fraction of sp³-hybridized carbons (Fsp3) is 0.462. The van der Waals surface area contributed by atoms with Crippen LogP contribution in [0, 0.1) is 11.8 Å². The zero-order valence-electron chi connectivity index (χ0n) is 21.0. The standard InChI is InChI=1S/C26H30O10/c1-13(27)33-25-21-22(24(35-25)16-8-10-18(30-4)20(12-16)32-6)26(34-14(2)28)36-23(21)15-7-9-17(29-3)19(11-15)31-5/h7-12,21-26H,1-6H3/t21-,22-,23+,24+,25-,26-/m1/s1. The SMILES string of the molecule is COc1ccc([C@@H]2O[C@@H](OC(C)=O)[C@@H]3[C@H]2[C@H](OC(C)=O)O[C@H]3c2ccc(OC)c(OC)c2)cc1OC. The summed E-state index contributed by atoms with van der Waals surface area (Å²) in [6, 6.07) is 10.7. The van der Waals surface area contributed by atoms with Crippen molar-refractivity contribution in [3.05, 3.63) is 47.5 Å². The summed E-state index contributed by atoms with van der Waals surface area (Å²) in [6.07, 6.45) is -3.17. The summed E-state index contributed by atoms with van der Waals surface area (Å²) in [4.78, 5) is 24.0. The lowest BCUT2D eigenvalue weighted by molar-refractivity contribution is -0.206. The third-order valence-electron chi connectivity index (χ3n) is 6.37. The molecule has 0 N–H and O–H groups in total. The van der Waals surface area contributed by atoms with Crippen molar-refractivity contribution in [2.45, 2.75) is 38.6 Å². The van der Waals surface area contributed by atoms with E-state index in [-0.39, 0.29) is 0 Å². The van der Waals surface area contributed by atoms with E-state index in [1.165, 1.54) is 28.1 Å². The Hall–Kier alpha value is -3.50. The highest BCUT2D eigenvalue weighted by molar-refractivity contribution is 5.66. The van der Waals surface area contributed by atoms with Gasteiger partial charge in [0.2, 0.25) is 12.6 Å². The Balaban J connectivity index is 1.79. The molecule has 2 fully saturated rings. The van der Waals surface area contributed by atoms with E-state index in [1.807, 2.05) is 12.1 Å². The Morgan fingerprint density at radius 2 is 0.972 bits per heavy atom. The minimum Gasteiger partial charge on any atom is -0.493 e. The van der Waals surface area contributed by atoms with Crippen LogP contribution in [0.4, 0.5) is 0 Å². The average molecular weight is 503 g/mol. The van der Waals surface area contributed by atoms with Crippen LogP contribution in [0.2, 0.25) is 0 Å². The molecule has 0 radical (unpaired) electrons. The largest absolute Gasteiger partial charge is 0.493 e. The van der Waals surface area contributed by atoms with Gasteiger partial charge in [0, 0.05) is 13.8 Å². The van der Waals surface area contributed by atoms with Gasteiger partial charge < -0.3 is 37.9 Å². The summed E-state index contributed by atoms with van der Waals surface area (Å²) in [5, 5.41) is 0. The molecule has 2 aliphatic rings. The van der Waals surface area contributed by atoms with Crippen LogP contribution in [0.3, 0.4) is 0 Å². The maximum atomic E-state index is 12.0. The Labute approximate surface area is 209 Å². The summed E-state index contributed by atoms with van der Waals surface area (Å²) in [5.74, 6) is 0.117. The van der Waals surface area contributed by atoms with Crippen molar-refractivity contribution in [1.82, 2.24) is 0 Å². The van der Waals surface area contributed by atoms with Gasteiger partial charge in [-0.15, -0.1) is 0 Å². The number of methoxy groups -OCH3 is 4. The Kier molecular flexibility index (Phi) is 7.56. The molecule has 0 aromatic heterocycles. The Morgan fingerprint density at radius 1 is 0.611 bits per heavy atom. The number of ether oxygens (including phenoxy) is 8. The molecule has 10 nitrogen and oxygen atoms in total. The van der Waals surface area contributed by atoms with Gasteiger partial charge in [-0.2, -0.15) is 0 Å². The lowest BCUT2D eigenvalue weighted by Gasteiger charge is -2.25. The number of benzene rings is 2. The molecule has 0 amide bonds. The molecule has 2 saturated heterocycles. The number of carbonyl (C=O) groups excluding carboxylic acids is 2. The van der Waals surface area contributed by atoms with Crippen molar-refractivity contribution < 1.29 is 47.5 Å². The van der Waals surface area contributed by atoms with Crippen molar-refractivity contribution in [2.24, 2.45) is 11.8 Å². The summed E-state index contributed by atoms with van der Waals surface area (Å²) >= 11 is 0. The van der Waals surface area contributed by atoms with E-state index in [9.17, 15) is 9.59 Å². The predicted octanol–water partition coefficient (Wildman–Crippen LogP) is 3.57. The summed E-state index contributed by atoms with van der Waals surface area (Å²) in [6.45, 7) is 2.62. The number of rotatable bonds is 8. The molecule has 2 aromatic carbocycles. The highest BCUT2D eigenvalue weighted by Gasteiger charge is 2.61. The third-order valence-corrected chi connectivity index (χ3v) is 6.37. The minimum atomic E-state index is -0.954. The van der Waals surface area contributed by atoms with Crippen LogP contribution < -0.4 is 18.9 Å². The zero-order chi connectivity index (χ0) is 26.0. The van der Waals surface area contributed by atoms with Crippen LogP contribution in [0.25, 0.3) is 0 Å². The summed E-state index contributed by atoms with van der Waals surface area (Å²) in [5.41, 5.74) is 1.46. The van der Waals surface area contributed by atoms with Gasteiger partial charge in [-0.05, 0) is 35.4 Å². The molecule has 2 aliphatic heterocycles. The molecule has 194 valence electrons. The molecular formula is C26H30O10. The van der Waals surface area contributed by atoms with Gasteiger partial charge in [0.15, 0.2) is 23.0 Å². The molecular weight excluding hydrogens is 472 g/mol. The molecule has 10 heteroatoms. The van der Waals surface area contributed by atoms with E-state index in [2.05, 4.69) is 0 Å². The molecule has 2 aromatic rings. The van der Waals surface area contributed by atoms with Crippen LogP contribution in [0.5, 0.6) is 23.0 Å². The first kappa shape index (κ1) is 25.6. The summed E-state index contributed by atoms with van der Waals surface area (Å²) in [7, 11) is 6.17. The first-order valence-electron chi connectivity index (χ1n) is 11.4. The fourth-order valence-electron chi connectivity index (χ4n) is 4.90. The maximum absolute atomic E-state index is 12.0. The average Bonchev–Trinajstić information content (AvgIpc) is 3.41. The predicted molar refractivity (Wildman–Crippen MR) is 125 cm³/mol. The van der Waals surface area contributed by atoms with E-state index in [4.69, 9.17) is 37.9 Å². The number of esters is 2. The normalized spacial score (nSPS) is 26.6. The Bertz CT molecular complexity index is 1030.